The Labute approximate surface area is 131 Å². The maximum absolute atomic E-state index is 12.2. The maximum Gasteiger partial charge on any atom is 0.251 e. The van der Waals surface area contributed by atoms with Crippen LogP contribution in [-0.4, -0.2) is 17.6 Å². The second-order valence-corrected chi connectivity index (χ2v) is 5.91. The third-order valence-corrected chi connectivity index (χ3v) is 4.29. The highest BCUT2D eigenvalue weighted by molar-refractivity contribution is 5.94. The Balaban J connectivity index is 1.66. The van der Waals surface area contributed by atoms with E-state index < -0.39 is 0 Å². The normalized spacial score (nSPS) is 14.0. The van der Waals surface area contributed by atoms with Gasteiger partial charge in [-0.15, -0.1) is 0 Å². The first-order valence-electron chi connectivity index (χ1n) is 7.69. The van der Waals surface area contributed by atoms with Crippen molar-refractivity contribution in [3.63, 3.8) is 0 Å². The summed E-state index contributed by atoms with van der Waals surface area (Å²) in [6.45, 7) is 4.84. The molecular formula is C18H22N2O2. The minimum Gasteiger partial charge on any atom is -0.497 e. The van der Waals surface area contributed by atoms with Crippen LogP contribution >= 0.6 is 0 Å². The lowest BCUT2D eigenvalue weighted by Crippen LogP contribution is -2.23. The number of carbonyl (C=O) groups excluding carboxylic acids is 1. The first-order chi connectivity index (χ1) is 10.6. The Bertz CT molecular complexity index is 682. The molecule has 1 fully saturated rings. The molecule has 1 aromatic heterocycles. The summed E-state index contributed by atoms with van der Waals surface area (Å²) in [7, 11) is 1.62. The quantitative estimate of drug-likeness (QED) is 0.919. The maximum atomic E-state index is 12.2. The van der Waals surface area contributed by atoms with Crippen LogP contribution in [0.5, 0.6) is 5.75 Å². The van der Waals surface area contributed by atoms with Crippen molar-refractivity contribution in [2.24, 2.45) is 0 Å². The number of aromatic nitrogens is 1. The van der Waals surface area contributed by atoms with Crippen LogP contribution in [0.25, 0.3) is 0 Å². The molecule has 4 heteroatoms. The molecule has 22 heavy (non-hydrogen) atoms. The van der Waals surface area contributed by atoms with Crippen molar-refractivity contribution < 1.29 is 9.53 Å². The number of amides is 1. The van der Waals surface area contributed by atoms with Gasteiger partial charge in [0.1, 0.15) is 5.75 Å². The average Bonchev–Trinajstić information content (AvgIpc) is 3.31. The molecule has 1 aliphatic rings. The van der Waals surface area contributed by atoms with Gasteiger partial charge in [-0.05, 0) is 62.6 Å². The Kier molecular flexibility index (Phi) is 3.92. The fourth-order valence-electron chi connectivity index (χ4n) is 2.94. The van der Waals surface area contributed by atoms with Crippen LogP contribution in [0, 0.1) is 13.8 Å². The molecule has 0 spiro atoms. The summed E-state index contributed by atoms with van der Waals surface area (Å²) in [5.41, 5.74) is 4.41. The average molecular weight is 298 g/mol. The first-order valence-corrected chi connectivity index (χ1v) is 7.69. The van der Waals surface area contributed by atoms with Gasteiger partial charge in [0.2, 0.25) is 0 Å². The van der Waals surface area contributed by atoms with E-state index >= 15 is 0 Å². The standard InChI is InChI=1S/C18H22N2O2/c1-12-10-15(13(2)20(12)16-6-7-16)11-19-18(21)14-4-8-17(22-3)9-5-14/h4-5,8-10,16H,6-7,11H2,1-3H3,(H,19,21). The Morgan fingerprint density at radius 1 is 1.27 bits per heavy atom. The second kappa shape index (κ2) is 5.87. The molecule has 0 aliphatic heterocycles. The largest absolute Gasteiger partial charge is 0.497 e. The van der Waals surface area contributed by atoms with Gasteiger partial charge in [0.05, 0.1) is 7.11 Å². The second-order valence-electron chi connectivity index (χ2n) is 5.91. The van der Waals surface area contributed by atoms with Crippen LogP contribution in [0.1, 0.15) is 46.2 Å². The van der Waals surface area contributed by atoms with E-state index in [1.807, 2.05) is 0 Å². The molecule has 1 aromatic carbocycles. The van der Waals surface area contributed by atoms with E-state index in [-0.39, 0.29) is 5.91 Å². The molecule has 2 aromatic rings. The van der Waals surface area contributed by atoms with Crippen molar-refractivity contribution in [1.29, 1.82) is 0 Å². The van der Waals surface area contributed by atoms with Crippen LogP contribution < -0.4 is 10.1 Å². The smallest absolute Gasteiger partial charge is 0.251 e. The molecule has 0 radical (unpaired) electrons. The van der Waals surface area contributed by atoms with Gasteiger partial charge >= 0.3 is 0 Å². The van der Waals surface area contributed by atoms with Crippen LogP contribution in [-0.2, 0) is 6.54 Å². The van der Waals surface area contributed by atoms with Crippen LogP contribution in [0.15, 0.2) is 30.3 Å². The highest BCUT2D eigenvalue weighted by Gasteiger charge is 2.26. The van der Waals surface area contributed by atoms with Gasteiger partial charge in [0.25, 0.3) is 5.91 Å². The summed E-state index contributed by atoms with van der Waals surface area (Å²) in [4.78, 5) is 12.2. The predicted molar refractivity (Wildman–Crippen MR) is 86.3 cm³/mol. The molecule has 0 saturated heterocycles. The molecule has 0 atom stereocenters. The monoisotopic (exact) mass is 298 g/mol. The molecule has 1 amide bonds. The van der Waals surface area contributed by atoms with Gasteiger partial charge in [-0.3, -0.25) is 4.79 Å². The van der Waals surface area contributed by atoms with Crippen LogP contribution in [0.3, 0.4) is 0 Å². The Morgan fingerprint density at radius 3 is 2.55 bits per heavy atom. The zero-order chi connectivity index (χ0) is 15.7. The number of hydrogen-bond donors (Lipinski definition) is 1. The number of nitrogens with zero attached hydrogens (tertiary/aromatic N) is 1. The Hall–Kier alpha value is -2.23. The number of methoxy groups -OCH3 is 1. The van der Waals surface area contributed by atoms with Crippen LogP contribution in [0.4, 0.5) is 0 Å². The molecule has 0 bridgehead atoms. The lowest BCUT2D eigenvalue weighted by Gasteiger charge is -2.09. The topological polar surface area (TPSA) is 43.3 Å². The predicted octanol–water partition coefficient (Wildman–Crippen LogP) is 3.38. The molecular weight excluding hydrogens is 276 g/mol. The molecule has 3 rings (SSSR count). The molecule has 116 valence electrons. The van der Waals surface area contributed by atoms with Crippen molar-refractivity contribution in [3.05, 3.63) is 52.8 Å². The summed E-state index contributed by atoms with van der Waals surface area (Å²) in [6.07, 6.45) is 2.54. The van der Waals surface area contributed by atoms with E-state index in [4.69, 9.17) is 4.74 Å². The van der Waals surface area contributed by atoms with E-state index in [0.717, 1.165) is 5.75 Å². The number of nitrogens with one attached hydrogen (secondary N) is 1. The lowest BCUT2D eigenvalue weighted by atomic mass is 10.2. The highest BCUT2D eigenvalue weighted by atomic mass is 16.5. The molecule has 4 nitrogen and oxygen atoms in total. The summed E-state index contributed by atoms with van der Waals surface area (Å²) >= 11 is 0. The fourth-order valence-corrected chi connectivity index (χ4v) is 2.94. The van der Waals surface area contributed by atoms with E-state index in [9.17, 15) is 4.79 Å². The number of rotatable bonds is 5. The zero-order valence-corrected chi connectivity index (χ0v) is 13.3. The summed E-state index contributed by atoms with van der Waals surface area (Å²) in [5, 5.41) is 3.00. The summed E-state index contributed by atoms with van der Waals surface area (Å²) in [6, 6.07) is 10.0. The minimum atomic E-state index is -0.0566. The summed E-state index contributed by atoms with van der Waals surface area (Å²) in [5.74, 6) is 0.698. The van der Waals surface area contributed by atoms with E-state index in [2.05, 4.69) is 29.8 Å². The number of hydrogen-bond acceptors (Lipinski definition) is 2. The number of benzene rings is 1. The molecule has 1 heterocycles. The number of ether oxygens (including phenoxy) is 1. The fraction of sp³-hybridized carbons (Fsp3) is 0.389. The lowest BCUT2D eigenvalue weighted by molar-refractivity contribution is 0.0951. The zero-order valence-electron chi connectivity index (χ0n) is 13.3. The van der Waals surface area contributed by atoms with Gasteiger partial charge in [-0.2, -0.15) is 0 Å². The van der Waals surface area contributed by atoms with Gasteiger partial charge < -0.3 is 14.6 Å². The van der Waals surface area contributed by atoms with Gasteiger partial charge in [-0.1, -0.05) is 0 Å². The molecule has 1 saturated carbocycles. The van der Waals surface area contributed by atoms with Crippen molar-refractivity contribution in [2.75, 3.05) is 7.11 Å². The minimum absolute atomic E-state index is 0.0566. The van der Waals surface area contributed by atoms with Crippen LogP contribution in [0.2, 0.25) is 0 Å². The number of aryl methyl sites for hydroxylation is 1. The van der Waals surface area contributed by atoms with Crippen molar-refractivity contribution in [3.8, 4) is 5.75 Å². The van der Waals surface area contributed by atoms with Crippen molar-refractivity contribution >= 4 is 5.91 Å². The van der Waals surface area contributed by atoms with Gasteiger partial charge in [0.15, 0.2) is 0 Å². The third kappa shape index (κ3) is 2.86. The molecule has 1 aliphatic carbocycles. The number of carbonyl (C=O) groups is 1. The van der Waals surface area contributed by atoms with E-state index in [1.54, 1.807) is 31.4 Å². The molecule has 1 N–H and O–H groups in total. The van der Waals surface area contributed by atoms with Crippen molar-refractivity contribution in [2.45, 2.75) is 39.3 Å². The third-order valence-electron chi connectivity index (χ3n) is 4.29. The molecule has 0 unspecified atom stereocenters. The van der Waals surface area contributed by atoms with Gasteiger partial charge in [-0.25, -0.2) is 0 Å². The Morgan fingerprint density at radius 2 is 1.95 bits per heavy atom. The summed E-state index contributed by atoms with van der Waals surface area (Å²) < 4.78 is 7.50. The SMILES string of the molecule is COc1ccc(C(=O)NCc2cc(C)n(C3CC3)c2C)cc1. The van der Waals surface area contributed by atoms with Gasteiger partial charge in [0, 0.05) is 29.5 Å². The van der Waals surface area contributed by atoms with Crippen molar-refractivity contribution in [1.82, 2.24) is 9.88 Å². The first kappa shape index (κ1) is 14.7. The van der Waals surface area contributed by atoms with E-state index in [1.165, 1.54) is 29.8 Å². The van der Waals surface area contributed by atoms with E-state index in [0.29, 0.717) is 18.2 Å². The highest BCUT2D eigenvalue weighted by Crippen LogP contribution is 2.38.